The Labute approximate surface area is 201 Å². The van der Waals surface area contributed by atoms with Gasteiger partial charge in [-0.15, -0.1) is 0 Å². The van der Waals surface area contributed by atoms with E-state index in [4.69, 9.17) is 15.7 Å². The lowest BCUT2D eigenvalue weighted by molar-refractivity contribution is 0.178. The van der Waals surface area contributed by atoms with Crippen molar-refractivity contribution in [1.29, 1.82) is 0 Å². The van der Waals surface area contributed by atoms with E-state index in [0.29, 0.717) is 38.4 Å². The van der Waals surface area contributed by atoms with Crippen LogP contribution in [0.2, 0.25) is 0 Å². The third-order valence-corrected chi connectivity index (χ3v) is 7.81. The van der Waals surface area contributed by atoms with Gasteiger partial charge in [-0.25, -0.2) is 18.4 Å². The van der Waals surface area contributed by atoms with E-state index in [1.165, 1.54) is 10.4 Å². The highest BCUT2D eigenvalue weighted by molar-refractivity contribution is 7.89. The maximum Gasteiger partial charge on any atom is 0.243 e. The fourth-order valence-electron chi connectivity index (χ4n) is 4.08. The summed E-state index contributed by atoms with van der Waals surface area (Å²) in [6.45, 7) is 4.47. The lowest BCUT2D eigenvalue weighted by atomic mass is 10.2. The van der Waals surface area contributed by atoms with Gasteiger partial charge in [-0.05, 0) is 57.4 Å². The van der Waals surface area contributed by atoms with Crippen LogP contribution in [0.5, 0.6) is 0 Å². The van der Waals surface area contributed by atoms with Crippen LogP contribution in [0.1, 0.15) is 12.2 Å². The monoisotopic (exact) mass is 483 g/mol. The van der Waals surface area contributed by atoms with Crippen LogP contribution in [0.15, 0.2) is 53.4 Å². The molecule has 0 aliphatic carbocycles. The molecule has 1 aromatic heterocycles. The fourth-order valence-corrected chi connectivity index (χ4v) is 5.56. The molecule has 0 bridgehead atoms. The summed E-state index contributed by atoms with van der Waals surface area (Å²) in [5, 5.41) is 4.48. The number of fused-ring (bicyclic) bond motifs is 1. The molecule has 1 fully saturated rings. The zero-order chi connectivity index (χ0) is 24.1. The van der Waals surface area contributed by atoms with E-state index in [9.17, 15) is 8.42 Å². The lowest BCUT2D eigenvalue weighted by Gasteiger charge is -2.33. The molecule has 182 valence electrons. The van der Waals surface area contributed by atoms with Crippen molar-refractivity contribution in [2.45, 2.75) is 17.9 Å². The molecule has 9 nitrogen and oxygen atoms in total. The zero-order valence-electron chi connectivity index (χ0n) is 19.8. The van der Waals surface area contributed by atoms with Gasteiger partial charge in [0.25, 0.3) is 0 Å². The van der Waals surface area contributed by atoms with Crippen molar-refractivity contribution in [3.05, 3.63) is 54.4 Å². The minimum absolute atomic E-state index is 0.240. The predicted molar refractivity (Wildman–Crippen MR) is 136 cm³/mol. The highest BCUT2D eigenvalue weighted by Crippen LogP contribution is 2.22. The van der Waals surface area contributed by atoms with Crippen LogP contribution >= 0.6 is 0 Å². The summed E-state index contributed by atoms with van der Waals surface area (Å²) >= 11 is 0. The summed E-state index contributed by atoms with van der Waals surface area (Å²) in [5.41, 5.74) is 7.14. The number of hydrogen-bond donors (Lipinski definition) is 2. The second kappa shape index (κ2) is 10.6. The summed E-state index contributed by atoms with van der Waals surface area (Å²) in [6, 6.07) is 14.5. The van der Waals surface area contributed by atoms with Gasteiger partial charge < -0.3 is 16.0 Å². The first-order valence-corrected chi connectivity index (χ1v) is 13.0. The first-order valence-electron chi connectivity index (χ1n) is 11.6. The number of nitrogens with one attached hydrogen (secondary N) is 1. The molecular weight excluding hydrogens is 450 g/mol. The van der Waals surface area contributed by atoms with E-state index in [-0.39, 0.29) is 4.90 Å². The Morgan fingerprint density at radius 2 is 1.79 bits per heavy atom. The van der Waals surface area contributed by atoms with Gasteiger partial charge in [-0.1, -0.05) is 18.2 Å². The molecule has 2 aromatic carbocycles. The number of aromatic nitrogens is 2. The van der Waals surface area contributed by atoms with E-state index < -0.39 is 10.0 Å². The van der Waals surface area contributed by atoms with Crippen molar-refractivity contribution in [3.8, 4) is 0 Å². The largest absolute Gasteiger partial charge is 0.399 e. The molecule has 10 heteroatoms. The SMILES string of the molecule is CN(C)CCCNc1nc(CN2CCN(S(=O)(=O)c3cccc(N)c3)CC2)nc2ccccc12. The van der Waals surface area contributed by atoms with Crippen LogP contribution in [0.25, 0.3) is 10.9 Å². The van der Waals surface area contributed by atoms with Gasteiger partial charge in [0.15, 0.2) is 0 Å². The average Bonchev–Trinajstić information content (AvgIpc) is 2.82. The van der Waals surface area contributed by atoms with Crippen LogP contribution in [0, 0.1) is 0 Å². The molecule has 4 rings (SSSR count). The molecule has 3 aromatic rings. The summed E-state index contributed by atoms with van der Waals surface area (Å²) in [6.07, 6.45) is 1.02. The summed E-state index contributed by atoms with van der Waals surface area (Å²) in [7, 11) is 0.582. The zero-order valence-corrected chi connectivity index (χ0v) is 20.6. The summed E-state index contributed by atoms with van der Waals surface area (Å²) in [5.74, 6) is 1.59. The molecule has 34 heavy (non-hydrogen) atoms. The van der Waals surface area contributed by atoms with Gasteiger partial charge in [0, 0.05) is 43.8 Å². The number of para-hydroxylation sites is 1. The van der Waals surface area contributed by atoms with Gasteiger partial charge in [-0.3, -0.25) is 4.90 Å². The van der Waals surface area contributed by atoms with Gasteiger partial charge in [0.05, 0.1) is 17.0 Å². The Morgan fingerprint density at radius 1 is 1.03 bits per heavy atom. The molecule has 0 atom stereocenters. The van der Waals surface area contributed by atoms with Gasteiger partial charge in [-0.2, -0.15) is 4.31 Å². The van der Waals surface area contributed by atoms with E-state index in [1.54, 1.807) is 18.2 Å². The summed E-state index contributed by atoms with van der Waals surface area (Å²) in [4.78, 5) is 14.2. The Hall–Kier alpha value is -2.79. The summed E-state index contributed by atoms with van der Waals surface area (Å²) < 4.78 is 27.5. The first-order chi connectivity index (χ1) is 16.3. The van der Waals surface area contributed by atoms with E-state index in [0.717, 1.165) is 42.1 Å². The van der Waals surface area contributed by atoms with Gasteiger partial charge in [0.1, 0.15) is 11.6 Å². The Kier molecular flexibility index (Phi) is 7.62. The molecule has 3 N–H and O–H groups in total. The maximum absolute atomic E-state index is 13.0. The molecule has 0 unspecified atom stereocenters. The number of nitrogens with zero attached hydrogens (tertiary/aromatic N) is 5. The van der Waals surface area contributed by atoms with Gasteiger partial charge >= 0.3 is 0 Å². The van der Waals surface area contributed by atoms with Crippen molar-refractivity contribution < 1.29 is 8.42 Å². The third-order valence-electron chi connectivity index (χ3n) is 5.92. The second-order valence-corrected chi connectivity index (χ2v) is 10.8. The maximum atomic E-state index is 13.0. The molecule has 0 amide bonds. The Morgan fingerprint density at radius 3 is 2.53 bits per heavy atom. The van der Waals surface area contributed by atoms with Crippen molar-refractivity contribution in [3.63, 3.8) is 0 Å². The number of piperazine rings is 1. The minimum atomic E-state index is -3.55. The molecule has 1 aliphatic heterocycles. The van der Waals surface area contributed by atoms with Crippen LogP contribution in [-0.4, -0.2) is 85.9 Å². The molecule has 0 radical (unpaired) electrons. The number of nitrogen functional groups attached to an aromatic ring is 1. The molecule has 1 aliphatic rings. The topological polar surface area (TPSA) is 108 Å². The molecule has 2 heterocycles. The quantitative estimate of drug-likeness (QED) is 0.352. The normalized spacial score (nSPS) is 15.7. The van der Waals surface area contributed by atoms with Crippen molar-refractivity contribution in [1.82, 2.24) is 24.1 Å². The number of anilines is 2. The number of nitrogens with two attached hydrogens (primary N) is 1. The predicted octanol–water partition coefficient (Wildman–Crippen LogP) is 2.08. The molecule has 0 spiro atoms. The first kappa shape index (κ1) is 24.3. The molecule has 0 saturated carbocycles. The van der Waals surface area contributed by atoms with Crippen LogP contribution in [0.4, 0.5) is 11.5 Å². The van der Waals surface area contributed by atoms with Crippen LogP contribution < -0.4 is 11.1 Å². The number of hydrogen-bond acceptors (Lipinski definition) is 8. The Balaban J connectivity index is 1.42. The molecular formula is C24H33N7O2S. The standard InChI is InChI=1S/C24H33N7O2S/c1-29(2)12-6-11-26-24-21-9-3-4-10-22(21)27-23(28-24)18-30-13-15-31(16-14-30)34(32,33)20-8-5-7-19(25)17-20/h3-5,7-10,17H,6,11-16,18,25H2,1-2H3,(H,26,27,28). The van der Waals surface area contributed by atoms with E-state index in [1.807, 2.05) is 24.3 Å². The second-order valence-electron chi connectivity index (χ2n) is 8.84. The van der Waals surface area contributed by atoms with Crippen molar-refractivity contribution in [2.24, 2.45) is 0 Å². The van der Waals surface area contributed by atoms with Gasteiger partial charge in [0.2, 0.25) is 10.0 Å². The smallest absolute Gasteiger partial charge is 0.243 e. The van der Waals surface area contributed by atoms with Crippen LogP contribution in [0.3, 0.4) is 0 Å². The van der Waals surface area contributed by atoms with Crippen molar-refractivity contribution >= 4 is 32.4 Å². The number of benzene rings is 2. The van der Waals surface area contributed by atoms with E-state index in [2.05, 4.69) is 29.2 Å². The third kappa shape index (κ3) is 5.82. The Bertz CT molecular complexity index is 1220. The highest BCUT2D eigenvalue weighted by atomic mass is 32.2. The lowest BCUT2D eigenvalue weighted by Crippen LogP contribution is -2.48. The molecule has 1 saturated heterocycles. The van der Waals surface area contributed by atoms with Crippen LogP contribution in [-0.2, 0) is 16.6 Å². The number of rotatable bonds is 9. The average molecular weight is 484 g/mol. The fraction of sp³-hybridized carbons (Fsp3) is 0.417. The van der Waals surface area contributed by atoms with E-state index >= 15 is 0 Å². The number of sulfonamides is 1. The van der Waals surface area contributed by atoms with Crippen molar-refractivity contribution in [2.75, 3.05) is 64.4 Å². The highest BCUT2D eigenvalue weighted by Gasteiger charge is 2.29. The minimum Gasteiger partial charge on any atom is -0.399 e.